The molecule has 0 spiro atoms. The van der Waals surface area contributed by atoms with Crippen LogP contribution in [0.2, 0.25) is 0 Å². The first kappa shape index (κ1) is 37.4. The van der Waals surface area contributed by atoms with E-state index in [0.717, 1.165) is 21.9 Å². The number of Topliss-reactive ketones (excluding diaryl/α,β-unsaturated/α-hetero) is 1. The minimum atomic E-state index is -1.20. The molecule has 48 heavy (non-hydrogen) atoms. The van der Waals surface area contributed by atoms with Crippen LogP contribution in [0.15, 0.2) is 72.8 Å². The molecule has 0 aliphatic rings. The molecule has 0 aromatic heterocycles. The Bertz CT molecular complexity index is 1620. The summed E-state index contributed by atoms with van der Waals surface area (Å²) in [6, 6.07) is 19.3. The molecular weight excluding hydrogens is 610 g/mol. The molecule has 0 saturated heterocycles. The molecule has 0 bridgehead atoms. The second-order valence-electron chi connectivity index (χ2n) is 13.4. The zero-order valence-corrected chi connectivity index (χ0v) is 28.3. The van der Waals surface area contributed by atoms with Crippen molar-refractivity contribution in [3.8, 4) is 0 Å². The van der Waals surface area contributed by atoms with Gasteiger partial charge in [-0.3, -0.25) is 28.8 Å². The quantitative estimate of drug-likeness (QED) is 0.148. The fourth-order valence-corrected chi connectivity index (χ4v) is 5.26. The summed E-state index contributed by atoms with van der Waals surface area (Å²) in [6.07, 6.45) is 0.960. The van der Waals surface area contributed by atoms with E-state index < -0.39 is 60.0 Å². The maximum Gasteiger partial charge on any atom is 0.290 e. The number of rotatable bonds is 16. The van der Waals surface area contributed by atoms with Gasteiger partial charge >= 0.3 is 0 Å². The largest absolute Gasteiger partial charge is 0.368 e. The van der Waals surface area contributed by atoms with Crippen LogP contribution >= 0.6 is 0 Å². The van der Waals surface area contributed by atoms with E-state index in [2.05, 4.69) is 21.3 Å². The van der Waals surface area contributed by atoms with Crippen LogP contribution in [0.25, 0.3) is 10.8 Å². The number of fused-ring (bicyclic) bond motifs is 1. The molecule has 0 aliphatic heterocycles. The maximum atomic E-state index is 13.5. The Labute approximate surface area is 281 Å². The summed E-state index contributed by atoms with van der Waals surface area (Å²) in [4.78, 5) is 77.5. The molecule has 0 heterocycles. The van der Waals surface area contributed by atoms with E-state index in [9.17, 15) is 28.8 Å². The van der Waals surface area contributed by atoms with E-state index in [1.165, 1.54) is 0 Å². The third-order valence-electron chi connectivity index (χ3n) is 8.03. The summed E-state index contributed by atoms with van der Waals surface area (Å²) in [5.41, 5.74) is 6.78. The summed E-state index contributed by atoms with van der Waals surface area (Å²) in [6.45, 7) is 8.73. The van der Waals surface area contributed by atoms with E-state index in [-0.39, 0.29) is 30.6 Å². The fraction of sp³-hybridized carbons (Fsp3) is 0.405. The lowest BCUT2D eigenvalue weighted by Gasteiger charge is -2.29. The molecule has 3 aromatic rings. The highest BCUT2D eigenvalue weighted by Crippen LogP contribution is 2.22. The molecule has 5 amide bonds. The number of carbonyl (C=O) groups excluding carboxylic acids is 6. The Hall–Kier alpha value is -5.06. The topological polar surface area (TPSA) is 177 Å². The number of hydrogen-bond donors (Lipinski definition) is 5. The highest BCUT2D eigenvalue weighted by atomic mass is 16.2. The van der Waals surface area contributed by atoms with Gasteiger partial charge < -0.3 is 27.0 Å². The number of ketones is 1. The van der Waals surface area contributed by atoms with Crippen molar-refractivity contribution in [2.24, 2.45) is 17.1 Å². The highest BCUT2D eigenvalue weighted by Gasteiger charge is 2.35. The van der Waals surface area contributed by atoms with Crippen molar-refractivity contribution in [3.05, 3.63) is 83.9 Å². The molecule has 0 radical (unpaired) electrons. The molecule has 4 atom stereocenters. The maximum absolute atomic E-state index is 13.5. The van der Waals surface area contributed by atoms with Crippen LogP contribution < -0.4 is 27.0 Å². The molecule has 0 aliphatic carbocycles. The molecule has 11 heteroatoms. The Morgan fingerprint density at radius 2 is 1.38 bits per heavy atom. The van der Waals surface area contributed by atoms with Crippen LogP contribution in [-0.4, -0.2) is 60.0 Å². The molecule has 6 N–H and O–H groups in total. The average molecular weight is 658 g/mol. The predicted octanol–water partition coefficient (Wildman–Crippen LogP) is 2.73. The molecule has 3 rings (SSSR count). The average Bonchev–Trinajstić information content (AvgIpc) is 3.04. The van der Waals surface area contributed by atoms with Crippen molar-refractivity contribution in [1.82, 2.24) is 21.3 Å². The molecule has 256 valence electrons. The lowest BCUT2D eigenvalue weighted by Crippen LogP contribution is -2.57. The SMILES string of the molecule is CCC(C)C(NC(=O)C(CC(C)(C)C)NC(=O)Cc1ccccc1)C(=O)C(=O)NCC(=O)NC(Cc1ccc2ccccc2c1)C(N)=O. The van der Waals surface area contributed by atoms with Crippen molar-refractivity contribution in [1.29, 1.82) is 0 Å². The number of benzene rings is 3. The highest BCUT2D eigenvalue weighted by molar-refractivity contribution is 6.38. The monoisotopic (exact) mass is 657 g/mol. The minimum Gasteiger partial charge on any atom is -0.368 e. The third-order valence-corrected chi connectivity index (χ3v) is 8.03. The van der Waals surface area contributed by atoms with Gasteiger partial charge in [-0.15, -0.1) is 0 Å². The van der Waals surface area contributed by atoms with Gasteiger partial charge in [-0.2, -0.15) is 0 Å². The third kappa shape index (κ3) is 11.6. The zero-order valence-electron chi connectivity index (χ0n) is 28.3. The van der Waals surface area contributed by atoms with E-state index in [1.54, 1.807) is 6.92 Å². The van der Waals surface area contributed by atoms with Crippen LogP contribution in [0, 0.1) is 11.3 Å². The van der Waals surface area contributed by atoms with Gasteiger partial charge in [0.05, 0.1) is 19.0 Å². The number of nitrogens with one attached hydrogen (secondary N) is 4. The lowest BCUT2D eigenvalue weighted by molar-refractivity contribution is -0.142. The van der Waals surface area contributed by atoms with Gasteiger partial charge in [0.1, 0.15) is 12.1 Å². The predicted molar refractivity (Wildman–Crippen MR) is 184 cm³/mol. The summed E-state index contributed by atoms with van der Waals surface area (Å²) in [7, 11) is 0. The number of nitrogens with two attached hydrogens (primary N) is 1. The first-order valence-corrected chi connectivity index (χ1v) is 16.2. The summed E-state index contributed by atoms with van der Waals surface area (Å²) >= 11 is 0. The first-order chi connectivity index (χ1) is 22.7. The van der Waals surface area contributed by atoms with Gasteiger partial charge in [-0.1, -0.05) is 114 Å². The van der Waals surface area contributed by atoms with E-state index in [4.69, 9.17) is 5.73 Å². The smallest absolute Gasteiger partial charge is 0.290 e. The normalized spacial score (nSPS) is 13.8. The number of amides is 5. The van der Waals surface area contributed by atoms with Crippen LogP contribution in [0.1, 0.15) is 58.6 Å². The van der Waals surface area contributed by atoms with Gasteiger partial charge in [-0.05, 0) is 39.7 Å². The Balaban J connectivity index is 1.63. The van der Waals surface area contributed by atoms with E-state index in [0.29, 0.717) is 6.42 Å². The van der Waals surface area contributed by atoms with Gasteiger partial charge in [0.25, 0.3) is 5.91 Å². The molecule has 0 saturated carbocycles. The van der Waals surface area contributed by atoms with Crippen LogP contribution in [0.4, 0.5) is 0 Å². The standard InChI is InChI=1S/C37H47N5O6/c1-6-23(2)32(42-35(47)29(21-37(3,4)5)41-30(43)20-24-12-8-7-9-13-24)33(45)36(48)39-22-31(44)40-28(34(38)46)19-25-16-17-26-14-10-11-15-27(26)18-25/h7-18,23,28-29,32H,6,19-22H2,1-5H3,(H2,38,46)(H,39,48)(H,40,44)(H,41,43)(H,42,47). The van der Waals surface area contributed by atoms with Crippen molar-refractivity contribution in [3.63, 3.8) is 0 Å². The van der Waals surface area contributed by atoms with Crippen molar-refractivity contribution in [2.75, 3.05) is 6.54 Å². The second kappa shape index (κ2) is 17.2. The summed E-state index contributed by atoms with van der Waals surface area (Å²) in [5, 5.41) is 12.3. The minimum absolute atomic E-state index is 0.0752. The van der Waals surface area contributed by atoms with Crippen LogP contribution in [0.5, 0.6) is 0 Å². The number of hydrogen-bond acceptors (Lipinski definition) is 6. The van der Waals surface area contributed by atoms with Crippen molar-refractivity contribution in [2.45, 2.75) is 78.4 Å². The van der Waals surface area contributed by atoms with Gasteiger partial charge in [0.2, 0.25) is 29.4 Å². The van der Waals surface area contributed by atoms with E-state index >= 15 is 0 Å². The Morgan fingerprint density at radius 1 is 0.750 bits per heavy atom. The summed E-state index contributed by atoms with van der Waals surface area (Å²) in [5.74, 6) is -4.84. The molecule has 4 unspecified atom stereocenters. The first-order valence-electron chi connectivity index (χ1n) is 16.2. The fourth-order valence-electron chi connectivity index (χ4n) is 5.26. The number of carbonyl (C=O) groups is 6. The molecular formula is C37H47N5O6. The Kier molecular flexibility index (Phi) is 13.4. The van der Waals surface area contributed by atoms with Crippen molar-refractivity contribution < 1.29 is 28.8 Å². The van der Waals surface area contributed by atoms with Crippen LogP contribution in [-0.2, 0) is 41.6 Å². The zero-order chi connectivity index (χ0) is 35.4. The second-order valence-corrected chi connectivity index (χ2v) is 13.4. The van der Waals surface area contributed by atoms with E-state index in [1.807, 2.05) is 100 Å². The molecule has 0 fully saturated rings. The van der Waals surface area contributed by atoms with Crippen LogP contribution in [0.3, 0.4) is 0 Å². The van der Waals surface area contributed by atoms with Gasteiger partial charge in [0, 0.05) is 6.42 Å². The molecule has 3 aromatic carbocycles. The summed E-state index contributed by atoms with van der Waals surface area (Å²) < 4.78 is 0. The van der Waals surface area contributed by atoms with Crippen molar-refractivity contribution >= 4 is 46.1 Å². The lowest BCUT2D eigenvalue weighted by atomic mass is 9.87. The Morgan fingerprint density at radius 3 is 2.00 bits per heavy atom. The van der Waals surface area contributed by atoms with Gasteiger partial charge in [-0.25, -0.2) is 0 Å². The van der Waals surface area contributed by atoms with Gasteiger partial charge in [0.15, 0.2) is 0 Å². The molecule has 11 nitrogen and oxygen atoms in total. The number of primary amides is 1.